The first-order valence-corrected chi connectivity index (χ1v) is 4.99. The number of aliphatic imine (C=N–C) groups is 1. The Morgan fingerprint density at radius 3 is 2.57 bits per heavy atom. The molecule has 0 aliphatic heterocycles. The molecule has 0 spiro atoms. The minimum Gasteiger partial charge on any atom is -0.385 e. The average Bonchev–Trinajstić information content (AvgIpc) is 2.23. The second kappa shape index (κ2) is 5.50. The summed E-state index contributed by atoms with van der Waals surface area (Å²) >= 11 is 4.06. The predicted octanol–water partition coefficient (Wildman–Crippen LogP) is 3.05. The topological polar surface area (TPSA) is 24.4 Å². The van der Waals surface area contributed by atoms with Gasteiger partial charge in [0, 0.05) is 17.8 Å². The zero-order valence-electron chi connectivity index (χ0n) is 8.20. The Bertz CT molecular complexity index is 328. The maximum Gasteiger partial charge on any atom is 0.0755 e. The van der Waals surface area contributed by atoms with Gasteiger partial charge in [-0.1, -0.05) is 12.1 Å². The fourth-order valence-electron chi connectivity index (χ4n) is 1.17. The molecule has 0 radical (unpaired) electrons. The molecule has 0 saturated carbocycles. The predicted molar refractivity (Wildman–Crippen MR) is 67.1 cm³/mol. The van der Waals surface area contributed by atoms with Crippen molar-refractivity contribution in [2.75, 3.05) is 11.9 Å². The van der Waals surface area contributed by atoms with Crippen LogP contribution in [-0.2, 0) is 0 Å². The number of hydrogen-bond donors (Lipinski definition) is 2. The molecular weight excluding hydrogens is 192 g/mol. The van der Waals surface area contributed by atoms with Crippen molar-refractivity contribution in [2.45, 2.75) is 6.92 Å². The quantitative estimate of drug-likeness (QED) is 0.574. The number of anilines is 1. The van der Waals surface area contributed by atoms with E-state index in [-0.39, 0.29) is 0 Å². The van der Waals surface area contributed by atoms with Gasteiger partial charge >= 0.3 is 0 Å². The lowest BCUT2D eigenvalue weighted by atomic mass is 10.1. The molecule has 2 nitrogen and oxygen atoms in total. The summed E-state index contributed by atoms with van der Waals surface area (Å²) < 4.78 is 0. The molecule has 1 aromatic carbocycles. The summed E-state index contributed by atoms with van der Waals surface area (Å²) in [4.78, 5) is 3.87. The van der Waals surface area contributed by atoms with Crippen LogP contribution in [0.2, 0.25) is 0 Å². The highest BCUT2D eigenvalue weighted by atomic mass is 32.1. The Hall–Kier alpha value is -1.22. The first kappa shape index (κ1) is 10.9. The molecule has 1 rings (SSSR count). The smallest absolute Gasteiger partial charge is 0.0755 e. The zero-order chi connectivity index (χ0) is 10.4. The monoisotopic (exact) mass is 206 g/mol. The van der Waals surface area contributed by atoms with Gasteiger partial charge in [-0.3, -0.25) is 4.99 Å². The van der Waals surface area contributed by atoms with Crippen LogP contribution in [-0.4, -0.2) is 13.3 Å². The molecule has 1 aromatic rings. The maximum absolute atomic E-state index is 4.06. The van der Waals surface area contributed by atoms with E-state index in [9.17, 15) is 0 Å². The van der Waals surface area contributed by atoms with E-state index in [0.717, 1.165) is 23.5 Å². The summed E-state index contributed by atoms with van der Waals surface area (Å²) in [6.07, 6.45) is 0. The standard InChI is InChI=1S/C11H14N2S/c1-3-13-10-6-4-9(5-7-10)11(8-14)12-2/h4-8,13-14H,2-3H2,1H3/b11-8-. The van der Waals surface area contributed by atoms with E-state index in [0.29, 0.717) is 0 Å². The fourth-order valence-corrected chi connectivity index (χ4v) is 1.40. The molecule has 3 heteroatoms. The lowest BCUT2D eigenvalue weighted by Gasteiger charge is -2.04. The van der Waals surface area contributed by atoms with Crippen LogP contribution in [0, 0.1) is 0 Å². The van der Waals surface area contributed by atoms with Gasteiger partial charge in [0.25, 0.3) is 0 Å². The van der Waals surface area contributed by atoms with Crippen LogP contribution in [0.5, 0.6) is 0 Å². The first-order chi connectivity index (χ1) is 6.81. The number of nitrogens with one attached hydrogen (secondary N) is 1. The highest BCUT2D eigenvalue weighted by Crippen LogP contribution is 2.18. The second-order valence-corrected chi connectivity index (χ2v) is 3.04. The van der Waals surface area contributed by atoms with Gasteiger partial charge in [-0.05, 0) is 31.2 Å². The summed E-state index contributed by atoms with van der Waals surface area (Å²) in [5.74, 6) is 0. The molecule has 1 N–H and O–H groups in total. The van der Waals surface area contributed by atoms with E-state index in [1.165, 1.54) is 0 Å². The molecule has 0 saturated heterocycles. The van der Waals surface area contributed by atoms with E-state index in [2.05, 4.69) is 36.6 Å². The minimum atomic E-state index is 0.788. The van der Waals surface area contributed by atoms with Crippen molar-refractivity contribution in [1.29, 1.82) is 0 Å². The molecule has 0 amide bonds. The van der Waals surface area contributed by atoms with Gasteiger partial charge in [0.1, 0.15) is 0 Å². The normalized spacial score (nSPS) is 11.1. The van der Waals surface area contributed by atoms with Gasteiger partial charge in [-0.25, -0.2) is 0 Å². The van der Waals surface area contributed by atoms with Gasteiger partial charge in [0.15, 0.2) is 0 Å². The lowest BCUT2D eigenvalue weighted by molar-refractivity contribution is 1.21. The van der Waals surface area contributed by atoms with Gasteiger partial charge in [-0.15, -0.1) is 12.6 Å². The van der Waals surface area contributed by atoms with Crippen LogP contribution in [0.3, 0.4) is 0 Å². The van der Waals surface area contributed by atoms with Gasteiger partial charge in [0.2, 0.25) is 0 Å². The molecular formula is C11H14N2S. The highest BCUT2D eigenvalue weighted by Gasteiger charge is 1.97. The molecule has 74 valence electrons. The Morgan fingerprint density at radius 1 is 1.50 bits per heavy atom. The van der Waals surface area contributed by atoms with Crippen molar-refractivity contribution >= 4 is 30.7 Å². The lowest BCUT2D eigenvalue weighted by Crippen LogP contribution is -1.95. The van der Waals surface area contributed by atoms with Crippen molar-refractivity contribution in [3.05, 3.63) is 35.2 Å². The van der Waals surface area contributed by atoms with Gasteiger partial charge in [0.05, 0.1) is 5.70 Å². The number of rotatable bonds is 4. The SMILES string of the molecule is C=N/C(=C\S)c1ccc(NCC)cc1. The van der Waals surface area contributed by atoms with Crippen molar-refractivity contribution in [3.63, 3.8) is 0 Å². The van der Waals surface area contributed by atoms with Crippen molar-refractivity contribution in [1.82, 2.24) is 0 Å². The minimum absolute atomic E-state index is 0.788. The summed E-state index contributed by atoms with van der Waals surface area (Å²) in [6, 6.07) is 8.02. The summed E-state index contributed by atoms with van der Waals surface area (Å²) in [5, 5.41) is 4.87. The highest BCUT2D eigenvalue weighted by molar-refractivity contribution is 7.83. The molecule has 14 heavy (non-hydrogen) atoms. The van der Waals surface area contributed by atoms with E-state index in [1.807, 2.05) is 24.3 Å². The number of thiol groups is 1. The summed E-state index contributed by atoms with van der Waals surface area (Å²) in [7, 11) is 0. The van der Waals surface area contributed by atoms with E-state index in [1.54, 1.807) is 5.41 Å². The van der Waals surface area contributed by atoms with Crippen LogP contribution >= 0.6 is 12.6 Å². The zero-order valence-corrected chi connectivity index (χ0v) is 9.09. The molecule has 0 aliphatic carbocycles. The Morgan fingerprint density at radius 2 is 2.14 bits per heavy atom. The van der Waals surface area contributed by atoms with Crippen LogP contribution in [0.25, 0.3) is 5.70 Å². The third-order valence-corrected chi connectivity index (χ3v) is 2.10. The van der Waals surface area contributed by atoms with Gasteiger partial charge in [-0.2, -0.15) is 0 Å². The Labute approximate surface area is 90.2 Å². The molecule has 0 atom stereocenters. The number of hydrogen-bond acceptors (Lipinski definition) is 3. The van der Waals surface area contributed by atoms with E-state index < -0.39 is 0 Å². The Kier molecular flexibility index (Phi) is 4.26. The largest absolute Gasteiger partial charge is 0.385 e. The third-order valence-electron chi connectivity index (χ3n) is 1.85. The molecule has 0 aliphatic rings. The molecule has 0 unspecified atom stereocenters. The molecule has 0 aromatic heterocycles. The van der Waals surface area contributed by atoms with Crippen molar-refractivity contribution in [2.24, 2.45) is 4.99 Å². The number of benzene rings is 1. The Balaban J connectivity index is 2.87. The molecule has 0 fully saturated rings. The van der Waals surface area contributed by atoms with Crippen molar-refractivity contribution < 1.29 is 0 Å². The second-order valence-electron chi connectivity index (χ2n) is 2.78. The van der Waals surface area contributed by atoms with E-state index in [4.69, 9.17) is 0 Å². The maximum atomic E-state index is 4.06. The van der Waals surface area contributed by atoms with Crippen molar-refractivity contribution in [3.8, 4) is 0 Å². The third kappa shape index (κ3) is 2.64. The first-order valence-electron chi connectivity index (χ1n) is 4.47. The van der Waals surface area contributed by atoms with Crippen LogP contribution in [0.15, 0.2) is 34.7 Å². The summed E-state index contributed by atoms with van der Waals surface area (Å²) in [5.41, 5.74) is 2.92. The fraction of sp³-hybridized carbons (Fsp3) is 0.182. The summed E-state index contributed by atoms with van der Waals surface area (Å²) in [6.45, 7) is 6.48. The average molecular weight is 206 g/mol. The number of nitrogens with zero attached hydrogens (tertiary/aromatic N) is 1. The van der Waals surface area contributed by atoms with E-state index >= 15 is 0 Å². The molecule has 0 heterocycles. The van der Waals surface area contributed by atoms with Crippen LogP contribution in [0.4, 0.5) is 5.69 Å². The van der Waals surface area contributed by atoms with Crippen LogP contribution < -0.4 is 5.32 Å². The molecule has 0 bridgehead atoms. The van der Waals surface area contributed by atoms with Crippen LogP contribution in [0.1, 0.15) is 12.5 Å². The van der Waals surface area contributed by atoms with Gasteiger partial charge < -0.3 is 5.32 Å².